The van der Waals surface area contributed by atoms with Gasteiger partial charge in [-0.3, -0.25) is 0 Å². The second-order valence-electron chi connectivity index (χ2n) is 2.29. The number of ether oxygens (including phenoxy) is 1. The smallest absolute Gasteiger partial charge is 0.407 e. The Bertz CT molecular complexity index is 123. The zero-order valence-electron chi connectivity index (χ0n) is 5.83. The van der Waals surface area contributed by atoms with Gasteiger partial charge in [0.2, 0.25) is 0 Å². The molecule has 0 spiro atoms. The fraction of sp³-hybridized carbons (Fsp3) is 0.833. The second kappa shape index (κ2) is 2.88. The van der Waals surface area contributed by atoms with Gasteiger partial charge in [0, 0.05) is 0 Å². The van der Waals surface area contributed by atoms with Crippen LogP contribution in [0.3, 0.4) is 0 Å². The molecule has 4 nitrogen and oxygen atoms in total. The standard InChI is InChI=1S/C6H11NO3/c1-2-5-4(3-8)7-6(9)10-5/h4-5,8H,2-3H2,1H3,(H,7,9)/t4-,5-/m1/s1. The van der Waals surface area contributed by atoms with Gasteiger partial charge in [-0.05, 0) is 6.42 Å². The number of aliphatic hydroxyl groups excluding tert-OH is 1. The highest BCUT2D eigenvalue weighted by Gasteiger charge is 2.31. The lowest BCUT2D eigenvalue weighted by Crippen LogP contribution is -2.34. The molecule has 2 atom stereocenters. The summed E-state index contributed by atoms with van der Waals surface area (Å²) in [6, 6.07) is -0.211. The Morgan fingerprint density at radius 3 is 2.90 bits per heavy atom. The molecule has 2 N–H and O–H groups in total. The monoisotopic (exact) mass is 145 g/mol. The van der Waals surface area contributed by atoms with Crippen LogP contribution in [0.5, 0.6) is 0 Å². The molecular formula is C6H11NO3. The van der Waals surface area contributed by atoms with Gasteiger partial charge in [-0.2, -0.15) is 0 Å². The van der Waals surface area contributed by atoms with Crippen molar-refractivity contribution in [1.29, 1.82) is 0 Å². The van der Waals surface area contributed by atoms with Gasteiger partial charge in [-0.25, -0.2) is 4.79 Å². The van der Waals surface area contributed by atoms with Crippen LogP contribution in [0, 0.1) is 0 Å². The van der Waals surface area contributed by atoms with E-state index in [9.17, 15) is 4.79 Å². The van der Waals surface area contributed by atoms with Crippen molar-refractivity contribution in [2.75, 3.05) is 6.61 Å². The summed E-state index contributed by atoms with van der Waals surface area (Å²) in [7, 11) is 0. The normalized spacial score (nSPS) is 31.6. The highest BCUT2D eigenvalue weighted by atomic mass is 16.6. The summed E-state index contributed by atoms with van der Waals surface area (Å²) in [4.78, 5) is 10.5. The van der Waals surface area contributed by atoms with Crippen LogP contribution >= 0.6 is 0 Å². The lowest BCUT2D eigenvalue weighted by atomic mass is 10.1. The van der Waals surface area contributed by atoms with Gasteiger partial charge >= 0.3 is 6.09 Å². The highest BCUT2D eigenvalue weighted by Crippen LogP contribution is 2.10. The average Bonchev–Trinajstić information content (AvgIpc) is 2.30. The molecule has 1 amide bonds. The first-order valence-corrected chi connectivity index (χ1v) is 3.36. The van der Waals surface area contributed by atoms with Crippen LogP contribution in [0.25, 0.3) is 0 Å². The predicted molar refractivity (Wildman–Crippen MR) is 34.6 cm³/mol. The molecule has 0 bridgehead atoms. The third-order valence-electron chi connectivity index (χ3n) is 1.61. The van der Waals surface area contributed by atoms with Crippen molar-refractivity contribution in [2.24, 2.45) is 0 Å². The van der Waals surface area contributed by atoms with Crippen molar-refractivity contribution in [3.63, 3.8) is 0 Å². The van der Waals surface area contributed by atoms with Crippen LogP contribution in [-0.2, 0) is 4.74 Å². The molecule has 10 heavy (non-hydrogen) atoms. The molecule has 58 valence electrons. The third-order valence-corrected chi connectivity index (χ3v) is 1.61. The Hall–Kier alpha value is -0.770. The molecule has 1 aliphatic rings. The van der Waals surface area contributed by atoms with E-state index in [1.54, 1.807) is 0 Å². The number of alkyl carbamates (subject to hydrolysis) is 1. The quantitative estimate of drug-likeness (QED) is 0.568. The predicted octanol–water partition coefficient (Wildman–Crippen LogP) is -0.134. The highest BCUT2D eigenvalue weighted by molar-refractivity contribution is 5.70. The molecule has 0 aliphatic carbocycles. The van der Waals surface area contributed by atoms with E-state index in [4.69, 9.17) is 9.84 Å². The largest absolute Gasteiger partial charge is 0.444 e. The molecule has 1 aliphatic heterocycles. The fourth-order valence-electron chi connectivity index (χ4n) is 1.03. The zero-order chi connectivity index (χ0) is 7.56. The number of carbonyl (C=O) groups is 1. The second-order valence-corrected chi connectivity index (χ2v) is 2.29. The van der Waals surface area contributed by atoms with Gasteiger partial charge in [-0.15, -0.1) is 0 Å². The molecule has 1 rings (SSSR count). The first kappa shape index (κ1) is 7.34. The fourth-order valence-corrected chi connectivity index (χ4v) is 1.03. The molecule has 1 fully saturated rings. The van der Waals surface area contributed by atoms with Gasteiger partial charge in [0.1, 0.15) is 6.10 Å². The number of nitrogens with one attached hydrogen (secondary N) is 1. The summed E-state index contributed by atoms with van der Waals surface area (Å²) in [6.07, 6.45) is 0.160. The van der Waals surface area contributed by atoms with E-state index in [1.165, 1.54) is 0 Å². The summed E-state index contributed by atoms with van der Waals surface area (Å²) < 4.78 is 4.80. The van der Waals surface area contributed by atoms with Gasteiger partial charge in [0.05, 0.1) is 12.6 Å². The summed E-state index contributed by atoms with van der Waals surface area (Å²) in [6.45, 7) is 1.86. The molecular weight excluding hydrogens is 134 g/mol. The van der Waals surface area contributed by atoms with Gasteiger partial charge < -0.3 is 15.2 Å². The van der Waals surface area contributed by atoms with Crippen molar-refractivity contribution in [3.05, 3.63) is 0 Å². The van der Waals surface area contributed by atoms with Crippen LogP contribution in [0.4, 0.5) is 4.79 Å². The topological polar surface area (TPSA) is 58.6 Å². The Labute approximate surface area is 59.2 Å². The average molecular weight is 145 g/mol. The molecule has 0 aromatic heterocycles. The van der Waals surface area contributed by atoms with E-state index >= 15 is 0 Å². The first-order valence-electron chi connectivity index (χ1n) is 3.36. The Kier molecular flexibility index (Phi) is 2.11. The zero-order valence-corrected chi connectivity index (χ0v) is 5.83. The molecule has 1 saturated heterocycles. The maximum Gasteiger partial charge on any atom is 0.407 e. The molecule has 0 radical (unpaired) electrons. The van der Waals surface area contributed by atoms with Crippen LogP contribution in [-0.4, -0.2) is 30.0 Å². The van der Waals surface area contributed by atoms with E-state index in [0.29, 0.717) is 0 Å². The molecule has 0 aromatic rings. The summed E-state index contributed by atoms with van der Waals surface area (Å²) in [5, 5.41) is 11.2. The molecule has 0 aromatic carbocycles. The number of aliphatic hydroxyl groups is 1. The van der Waals surface area contributed by atoms with Crippen LogP contribution in [0.1, 0.15) is 13.3 Å². The minimum absolute atomic E-state index is 0.0513. The minimum atomic E-state index is -0.425. The van der Waals surface area contributed by atoms with E-state index in [1.807, 2.05) is 6.92 Å². The van der Waals surface area contributed by atoms with E-state index in [0.717, 1.165) is 6.42 Å². The summed E-state index contributed by atoms with van der Waals surface area (Å²) in [5.41, 5.74) is 0. The van der Waals surface area contributed by atoms with Crippen LogP contribution in [0.15, 0.2) is 0 Å². The number of hydrogen-bond acceptors (Lipinski definition) is 3. The van der Waals surface area contributed by atoms with Gasteiger partial charge in [-0.1, -0.05) is 6.92 Å². The molecule has 1 heterocycles. The number of amides is 1. The van der Waals surface area contributed by atoms with E-state index < -0.39 is 6.09 Å². The van der Waals surface area contributed by atoms with Crippen molar-refractivity contribution in [2.45, 2.75) is 25.5 Å². The lowest BCUT2D eigenvalue weighted by Gasteiger charge is -2.10. The van der Waals surface area contributed by atoms with Crippen LogP contribution < -0.4 is 5.32 Å². The Morgan fingerprint density at radius 2 is 2.50 bits per heavy atom. The number of carbonyl (C=O) groups excluding carboxylic acids is 1. The van der Waals surface area contributed by atoms with Crippen molar-refractivity contribution < 1.29 is 14.6 Å². The first-order chi connectivity index (χ1) is 4.77. The summed E-state index contributed by atoms with van der Waals surface area (Å²) >= 11 is 0. The van der Waals surface area contributed by atoms with Gasteiger partial charge in [0.15, 0.2) is 0 Å². The Balaban J connectivity index is 2.48. The maximum absolute atomic E-state index is 10.5. The van der Waals surface area contributed by atoms with E-state index in [-0.39, 0.29) is 18.8 Å². The van der Waals surface area contributed by atoms with Crippen LogP contribution in [0.2, 0.25) is 0 Å². The van der Waals surface area contributed by atoms with E-state index in [2.05, 4.69) is 5.32 Å². The third kappa shape index (κ3) is 1.21. The SMILES string of the molecule is CC[C@H]1OC(=O)N[C@@H]1CO. The minimum Gasteiger partial charge on any atom is -0.444 e. The number of hydrogen-bond donors (Lipinski definition) is 2. The van der Waals surface area contributed by atoms with Crippen molar-refractivity contribution in [1.82, 2.24) is 5.32 Å². The molecule has 0 saturated carbocycles. The summed E-state index contributed by atoms with van der Waals surface area (Å²) in [5.74, 6) is 0. The molecule has 4 heteroatoms. The Morgan fingerprint density at radius 1 is 1.80 bits per heavy atom. The maximum atomic E-state index is 10.5. The number of cyclic esters (lactones) is 1. The van der Waals surface area contributed by atoms with Crippen molar-refractivity contribution in [3.8, 4) is 0 Å². The van der Waals surface area contributed by atoms with Gasteiger partial charge in [0.25, 0.3) is 0 Å². The lowest BCUT2D eigenvalue weighted by molar-refractivity contribution is 0.116. The number of rotatable bonds is 2. The van der Waals surface area contributed by atoms with Crippen molar-refractivity contribution >= 4 is 6.09 Å². The molecule has 0 unspecified atom stereocenters.